The van der Waals surface area contributed by atoms with Crippen molar-refractivity contribution in [3.8, 4) is 5.75 Å². The molecule has 0 saturated carbocycles. The molecular weight excluding hydrogens is 376 g/mol. The lowest BCUT2D eigenvalue weighted by molar-refractivity contribution is -0.384. The lowest BCUT2D eigenvalue weighted by Crippen LogP contribution is -2.35. The van der Waals surface area contributed by atoms with Gasteiger partial charge in [-0.2, -0.15) is 0 Å². The number of anilines is 3. The average molecular weight is 396 g/mol. The van der Waals surface area contributed by atoms with Crippen LogP contribution in [0.2, 0.25) is 0 Å². The maximum atomic E-state index is 13.0. The number of hydrogen-bond acceptors (Lipinski definition) is 6. The van der Waals surface area contributed by atoms with Crippen LogP contribution < -0.4 is 19.9 Å². The predicted molar refractivity (Wildman–Crippen MR) is 108 cm³/mol. The second-order valence-electron chi connectivity index (χ2n) is 7.03. The van der Waals surface area contributed by atoms with Crippen LogP contribution in [-0.4, -0.2) is 43.5 Å². The summed E-state index contributed by atoms with van der Waals surface area (Å²) in [7, 11) is 1.66. The van der Waals surface area contributed by atoms with Crippen molar-refractivity contribution in [3.05, 3.63) is 52.1 Å². The highest BCUT2D eigenvalue weighted by Crippen LogP contribution is 2.34. The van der Waals surface area contributed by atoms with Crippen LogP contribution in [0.25, 0.3) is 0 Å². The number of nitrogens with zero attached hydrogens (tertiary/aromatic N) is 3. The fraction of sp³-hybridized carbons (Fsp3) is 0.300. The van der Waals surface area contributed by atoms with Gasteiger partial charge >= 0.3 is 0 Å². The molecular formula is C20H20N4O5. The van der Waals surface area contributed by atoms with E-state index in [1.807, 2.05) is 0 Å². The summed E-state index contributed by atoms with van der Waals surface area (Å²) >= 11 is 0. The minimum atomic E-state index is -0.510. The van der Waals surface area contributed by atoms with Crippen LogP contribution in [0.1, 0.15) is 23.2 Å². The first-order chi connectivity index (χ1) is 13.9. The quantitative estimate of drug-likeness (QED) is 0.629. The topological polar surface area (TPSA) is 105 Å². The second kappa shape index (κ2) is 7.42. The third-order valence-electron chi connectivity index (χ3n) is 5.19. The number of nitrogens with one attached hydrogen (secondary N) is 1. The van der Waals surface area contributed by atoms with Gasteiger partial charge in [0.25, 0.3) is 17.5 Å². The molecule has 0 spiro atoms. The van der Waals surface area contributed by atoms with Crippen LogP contribution in [-0.2, 0) is 4.79 Å². The summed E-state index contributed by atoms with van der Waals surface area (Å²) in [5.41, 5.74) is 1.91. The maximum absolute atomic E-state index is 13.0. The summed E-state index contributed by atoms with van der Waals surface area (Å²) < 4.78 is 5.45. The summed E-state index contributed by atoms with van der Waals surface area (Å²) in [6.07, 6.45) is 2.04. The van der Waals surface area contributed by atoms with Gasteiger partial charge in [0.1, 0.15) is 5.75 Å². The van der Waals surface area contributed by atoms with Crippen molar-refractivity contribution in [2.75, 3.05) is 41.9 Å². The van der Waals surface area contributed by atoms with Gasteiger partial charge in [0.15, 0.2) is 6.61 Å². The number of nitro benzene ring substituents is 1. The van der Waals surface area contributed by atoms with Gasteiger partial charge in [-0.25, -0.2) is 0 Å². The van der Waals surface area contributed by atoms with Crippen LogP contribution in [0.15, 0.2) is 36.4 Å². The number of hydrogen-bond donors (Lipinski definition) is 1. The lowest BCUT2D eigenvalue weighted by atomic mass is 10.1. The smallest absolute Gasteiger partial charge is 0.270 e. The molecule has 2 aromatic carbocycles. The number of rotatable bonds is 4. The summed E-state index contributed by atoms with van der Waals surface area (Å²) in [4.78, 5) is 39.0. The molecule has 9 nitrogen and oxygen atoms in total. The Morgan fingerprint density at radius 3 is 2.59 bits per heavy atom. The van der Waals surface area contributed by atoms with Gasteiger partial charge in [-0.05, 0) is 31.0 Å². The average Bonchev–Trinajstić information content (AvgIpc) is 3.25. The summed E-state index contributed by atoms with van der Waals surface area (Å²) in [6.45, 7) is 1.56. The molecule has 2 heterocycles. The standard InChI is InChI=1S/C20H20N4O5/c1-22-17-6-4-13(10-18(17)29-12-19(22)25)21-20(26)15-11-14(24(27)28)5-7-16(15)23-8-2-3-9-23/h4-7,10-11H,2-3,8-9,12H2,1H3,(H,21,26). The van der Waals surface area contributed by atoms with Crippen molar-refractivity contribution in [1.82, 2.24) is 0 Å². The van der Waals surface area contributed by atoms with E-state index in [1.165, 1.54) is 17.0 Å². The molecule has 2 aliphatic rings. The summed E-state index contributed by atoms with van der Waals surface area (Å²) in [6, 6.07) is 9.37. The highest BCUT2D eigenvalue weighted by molar-refractivity contribution is 6.09. The number of amides is 2. The second-order valence-corrected chi connectivity index (χ2v) is 7.03. The molecule has 0 atom stereocenters. The molecule has 9 heteroatoms. The number of fused-ring (bicyclic) bond motifs is 1. The zero-order chi connectivity index (χ0) is 20.5. The molecule has 150 valence electrons. The van der Waals surface area contributed by atoms with E-state index >= 15 is 0 Å². The molecule has 1 N–H and O–H groups in total. The van der Waals surface area contributed by atoms with E-state index in [0.717, 1.165) is 25.9 Å². The van der Waals surface area contributed by atoms with Crippen LogP contribution >= 0.6 is 0 Å². The fourth-order valence-electron chi connectivity index (χ4n) is 3.61. The molecule has 0 radical (unpaired) electrons. The number of carbonyl (C=O) groups is 2. The Kier molecular flexibility index (Phi) is 4.79. The van der Waals surface area contributed by atoms with Crippen molar-refractivity contribution in [2.24, 2.45) is 0 Å². The zero-order valence-electron chi connectivity index (χ0n) is 15.9. The third-order valence-corrected chi connectivity index (χ3v) is 5.19. The van der Waals surface area contributed by atoms with E-state index in [4.69, 9.17) is 4.74 Å². The fourth-order valence-corrected chi connectivity index (χ4v) is 3.61. The Bertz CT molecular complexity index is 1000. The van der Waals surface area contributed by atoms with Gasteiger partial charge in [0.05, 0.1) is 21.9 Å². The van der Waals surface area contributed by atoms with Crippen molar-refractivity contribution in [1.29, 1.82) is 0 Å². The first kappa shape index (κ1) is 18.7. The van der Waals surface area contributed by atoms with Crippen molar-refractivity contribution in [2.45, 2.75) is 12.8 Å². The van der Waals surface area contributed by atoms with Crippen molar-refractivity contribution < 1.29 is 19.2 Å². The third kappa shape index (κ3) is 3.58. The van der Waals surface area contributed by atoms with Gasteiger partial charge in [0.2, 0.25) is 0 Å². The number of ether oxygens (including phenoxy) is 1. The predicted octanol–water partition coefficient (Wildman–Crippen LogP) is 2.80. The van der Waals surface area contributed by atoms with Gasteiger partial charge in [-0.1, -0.05) is 0 Å². The maximum Gasteiger partial charge on any atom is 0.270 e. The van der Waals surface area contributed by atoms with Crippen LogP contribution in [0, 0.1) is 10.1 Å². The largest absolute Gasteiger partial charge is 0.481 e. The van der Waals surface area contributed by atoms with Crippen molar-refractivity contribution >= 4 is 34.6 Å². The Balaban J connectivity index is 1.63. The SMILES string of the molecule is CN1C(=O)COc2cc(NC(=O)c3cc([N+](=O)[O-])ccc3N3CCCC3)ccc21. The lowest BCUT2D eigenvalue weighted by Gasteiger charge is -2.26. The molecule has 0 aliphatic carbocycles. The molecule has 29 heavy (non-hydrogen) atoms. The molecule has 0 bridgehead atoms. The van der Waals surface area contributed by atoms with E-state index in [-0.39, 0.29) is 23.8 Å². The Labute approximate surface area is 167 Å². The monoisotopic (exact) mass is 396 g/mol. The highest BCUT2D eigenvalue weighted by atomic mass is 16.6. The molecule has 2 aliphatic heterocycles. The Morgan fingerprint density at radius 2 is 1.86 bits per heavy atom. The first-order valence-electron chi connectivity index (χ1n) is 9.32. The molecule has 1 saturated heterocycles. The van der Waals surface area contributed by atoms with Gasteiger partial charge in [-0.3, -0.25) is 19.7 Å². The first-order valence-corrected chi connectivity index (χ1v) is 9.32. The molecule has 0 aromatic heterocycles. The molecule has 2 amide bonds. The normalized spacial score (nSPS) is 15.7. The highest BCUT2D eigenvalue weighted by Gasteiger charge is 2.25. The Hall–Kier alpha value is -3.62. The Morgan fingerprint density at radius 1 is 1.14 bits per heavy atom. The molecule has 1 fully saturated rings. The van der Waals surface area contributed by atoms with Crippen LogP contribution in [0.4, 0.5) is 22.7 Å². The number of benzene rings is 2. The van der Waals surface area contributed by atoms with Gasteiger partial charge < -0.3 is 19.9 Å². The summed E-state index contributed by atoms with van der Waals surface area (Å²) in [5.74, 6) is -0.0966. The number of likely N-dealkylation sites (N-methyl/N-ethyl adjacent to an activating group) is 1. The van der Waals surface area contributed by atoms with E-state index in [9.17, 15) is 19.7 Å². The minimum Gasteiger partial charge on any atom is -0.481 e. The van der Waals surface area contributed by atoms with Gasteiger partial charge in [-0.15, -0.1) is 0 Å². The van der Waals surface area contributed by atoms with Crippen LogP contribution in [0.3, 0.4) is 0 Å². The van der Waals surface area contributed by atoms with E-state index in [2.05, 4.69) is 10.2 Å². The van der Waals surface area contributed by atoms with E-state index in [0.29, 0.717) is 22.8 Å². The van der Waals surface area contributed by atoms with Gasteiger partial charge in [0, 0.05) is 44.0 Å². The molecule has 0 unspecified atom stereocenters. The van der Waals surface area contributed by atoms with E-state index < -0.39 is 10.8 Å². The van der Waals surface area contributed by atoms with Crippen LogP contribution in [0.5, 0.6) is 5.75 Å². The summed E-state index contributed by atoms with van der Waals surface area (Å²) in [5, 5.41) is 14.0. The minimum absolute atomic E-state index is 0.0646. The van der Waals surface area contributed by atoms with Crippen molar-refractivity contribution in [3.63, 3.8) is 0 Å². The van der Waals surface area contributed by atoms with E-state index in [1.54, 1.807) is 31.3 Å². The molecule has 4 rings (SSSR count). The number of non-ortho nitro benzene ring substituents is 1. The molecule has 2 aromatic rings. The number of carbonyl (C=O) groups excluding carboxylic acids is 2. The zero-order valence-corrected chi connectivity index (χ0v) is 15.9. The number of nitro groups is 1.